The van der Waals surface area contributed by atoms with Crippen LogP contribution in [-0.2, 0) is 4.79 Å². The molecule has 0 atom stereocenters. The Bertz CT molecular complexity index is 892. The lowest BCUT2D eigenvalue weighted by molar-refractivity contribution is -0.118. The maximum Gasteiger partial charge on any atom is 0.262 e. The van der Waals surface area contributed by atoms with Crippen molar-refractivity contribution in [3.05, 3.63) is 60.5 Å². The van der Waals surface area contributed by atoms with E-state index >= 15 is 0 Å². The number of aromatic nitrogens is 2. The van der Waals surface area contributed by atoms with Crippen LogP contribution in [0.25, 0.3) is 11.5 Å². The third kappa shape index (κ3) is 4.23. The predicted octanol–water partition coefficient (Wildman–Crippen LogP) is 2.11. The van der Waals surface area contributed by atoms with E-state index in [1.54, 1.807) is 55.6 Å². The van der Waals surface area contributed by atoms with Crippen LogP contribution in [0.4, 0.5) is 5.69 Å². The fourth-order valence-electron chi connectivity index (χ4n) is 2.22. The first kappa shape index (κ1) is 17.2. The quantitative estimate of drug-likeness (QED) is 0.704. The molecule has 2 N–H and O–H groups in total. The third-order valence-electron chi connectivity index (χ3n) is 3.47. The van der Waals surface area contributed by atoms with Gasteiger partial charge in [-0.3, -0.25) is 9.59 Å². The van der Waals surface area contributed by atoms with Gasteiger partial charge in [0, 0.05) is 23.9 Å². The zero-order valence-corrected chi connectivity index (χ0v) is 13.9. The molecule has 8 nitrogen and oxygen atoms in total. The monoisotopic (exact) mass is 352 g/mol. The lowest BCUT2D eigenvalue weighted by atomic mass is 10.2. The number of nitrogens with zero attached hydrogens (tertiary/aromatic N) is 2. The second-order valence-electron chi connectivity index (χ2n) is 5.27. The number of nitrogens with one attached hydrogen (secondary N) is 2. The number of rotatable bonds is 6. The molecule has 0 unspecified atom stereocenters. The summed E-state index contributed by atoms with van der Waals surface area (Å²) >= 11 is 0. The van der Waals surface area contributed by atoms with Crippen LogP contribution in [-0.4, -0.2) is 35.7 Å². The summed E-state index contributed by atoms with van der Waals surface area (Å²) < 4.78 is 10.6. The van der Waals surface area contributed by atoms with Crippen LogP contribution in [0.1, 0.15) is 10.4 Å². The first-order valence-electron chi connectivity index (χ1n) is 7.77. The molecule has 0 saturated heterocycles. The Morgan fingerprint density at radius 1 is 1.15 bits per heavy atom. The van der Waals surface area contributed by atoms with E-state index in [1.807, 2.05) is 0 Å². The summed E-state index contributed by atoms with van der Waals surface area (Å²) in [5, 5.41) is 12.6. The van der Waals surface area contributed by atoms with Crippen LogP contribution in [0.15, 0.2) is 59.3 Å². The van der Waals surface area contributed by atoms with E-state index in [9.17, 15) is 9.59 Å². The molecule has 0 aliphatic heterocycles. The number of hydrogen-bond acceptors (Lipinski definition) is 6. The molecule has 2 amide bonds. The van der Waals surface area contributed by atoms with Gasteiger partial charge < -0.3 is 19.8 Å². The van der Waals surface area contributed by atoms with Crippen LogP contribution >= 0.6 is 0 Å². The fraction of sp³-hybridized carbons (Fsp3) is 0.111. The topological polar surface area (TPSA) is 106 Å². The molecule has 0 saturated carbocycles. The molecule has 8 heteroatoms. The Labute approximate surface area is 149 Å². The van der Waals surface area contributed by atoms with Crippen LogP contribution in [0.5, 0.6) is 5.75 Å². The first-order chi connectivity index (χ1) is 12.7. The fourth-order valence-corrected chi connectivity index (χ4v) is 2.22. The van der Waals surface area contributed by atoms with Crippen molar-refractivity contribution in [1.29, 1.82) is 0 Å². The van der Waals surface area contributed by atoms with Gasteiger partial charge in [0.1, 0.15) is 5.75 Å². The Balaban J connectivity index is 1.55. The van der Waals surface area contributed by atoms with Gasteiger partial charge in [-0.2, -0.15) is 0 Å². The largest absolute Gasteiger partial charge is 0.484 e. The van der Waals surface area contributed by atoms with Crippen molar-refractivity contribution in [2.75, 3.05) is 19.0 Å². The Hall–Kier alpha value is -3.68. The Morgan fingerprint density at radius 2 is 1.96 bits per heavy atom. The molecule has 0 aliphatic carbocycles. The zero-order chi connectivity index (χ0) is 18.4. The molecule has 0 radical (unpaired) electrons. The molecular formula is C18H16N4O4. The van der Waals surface area contributed by atoms with Gasteiger partial charge >= 0.3 is 0 Å². The standard InChI is InChI=1S/C18H16N4O4/c1-19-17(24)13-3-2-4-14(9-13)21-16(23)10-25-15-7-5-12(6-8-15)18-22-20-11-26-18/h2-9,11H,10H2,1H3,(H,19,24)(H,21,23). The smallest absolute Gasteiger partial charge is 0.262 e. The Kier molecular flexibility index (Phi) is 5.23. The van der Waals surface area contributed by atoms with E-state index in [1.165, 1.54) is 6.39 Å². The minimum absolute atomic E-state index is 0.163. The Morgan fingerprint density at radius 3 is 2.65 bits per heavy atom. The molecule has 3 rings (SSSR count). The highest BCUT2D eigenvalue weighted by molar-refractivity contribution is 5.97. The number of amides is 2. The van der Waals surface area contributed by atoms with Crippen molar-refractivity contribution >= 4 is 17.5 Å². The van der Waals surface area contributed by atoms with Gasteiger partial charge in [-0.25, -0.2) is 0 Å². The van der Waals surface area contributed by atoms with Gasteiger partial charge in [-0.1, -0.05) is 6.07 Å². The van der Waals surface area contributed by atoms with Gasteiger partial charge in [0.25, 0.3) is 11.8 Å². The molecule has 0 aliphatic rings. The molecule has 2 aromatic carbocycles. The number of ether oxygens (including phenoxy) is 1. The van der Waals surface area contributed by atoms with Crippen LogP contribution in [0.2, 0.25) is 0 Å². The van der Waals surface area contributed by atoms with Crippen molar-refractivity contribution in [2.24, 2.45) is 0 Å². The summed E-state index contributed by atoms with van der Waals surface area (Å²) in [5.41, 5.74) is 1.74. The molecular weight excluding hydrogens is 336 g/mol. The van der Waals surface area contributed by atoms with E-state index in [4.69, 9.17) is 9.15 Å². The van der Waals surface area contributed by atoms with Crippen LogP contribution in [0, 0.1) is 0 Å². The van der Waals surface area contributed by atoms with Crippen molar-refractivity contribution < 1.29 is 18.7 Å². The number of carbonyl (C=O) groups is 2. The molecule has 0 bridgehead atoms. The first-order valence-corrected chi connectivity index (χ1v) is 7.77. The highest BCUT2D eigenvalue weighted by Gasteiger charge is 2.08. The van der Waals surface area contributed by atoms with Crippen molar-refractivity contribution in [2.45, 2.75) is 0 Å². The summed E-state index contributed by atoms with van der Waals surface area (Å²) in [6.07, 6.45) is 1.25. The maximum atomic E-state index is 12.0. The van der Waals surface area contributed by atoms with Gasteiger partial charge in [0.05, 0.1) is 0 Å². The minimum Gasteiger partial charge on any atom is -0.484 e. The molecule has 3 aromatic rings. The molecule has 26 heavy (non-hydrogen) atoms. The van der Waals surface area contributed by atoms with Gasteiger partial charge in [-0.05, 0) is 42.5 Å². The number of hydrogen-bond donors (Lipinski definition) is 2. The lowest BCUT2D eigenvalue weighted by Crippen LogP contribution is -2.21. The number of anilines is 1. The SMILES string of the molecule is CNC(=O)c1cccc(NC(=O)COc2ccc(-c3nnco3)cc2)c1. The average molecular weight is 352 g/mol. The van der Waals surface area contributed by atoms with Crippen LogP contribution in [0.3, 0.4) is 0 Å². The molecule has 0 fully saturated rings. The van der Waals surface area contributed by atoms with Gasteiger partial charge in [0.2, 0.25) is 12.3 Å². The molecule has 132 valence electrons. The van der Waals surface area contributed by atoms with Crippen molar-refractivity contribution in [3.8, 4) is 17.2 Å². The average Bonchev–Trinajstić information content (AvgIpc) is 3.21. The number of benzene rings is 2. The van der Waals surface area contributed by atoms with Crippen LogP contribution < -0.4 is 15.4 Å². The highest BCUT2D eigenvalue weighted by atomic mass is 16.5. The zero-order valence-electron chi connectivity index (χ0n) is 13.9. The highest BCUT2D eigenvalue weighted by Crippen LogP contribution is 2.20. The van der Waals surface area contributed by atoms with E-state index in [2.05, 4.69) is 20.8 Å². The summed E-state index contributed by atoms with van der Waals surface area (Å²) in [7, 11) is 1.55. The molecule has 1 heterocycles. The predicted molar refractivity (Wildman–Crippen MR) is 93.7 cm³/mol. The van der Waals surface area contributed by atoms with Gasteiger partial charge in [-0.15, -0.1) is 10.2 Å². The van der Waals surface area contributed by atoms with E-state index < -0.39 is 0 Å². The molecule has 1 aromatic heterocycles. The van der Waals surface area contributed by atoms with Crippen molar-refractivity contribution in [1.82, 2.24) is 15.5 Å². The van der Waals surface area contributed by atoms with E-state index in [0.717, 1.165) is 5.56 Å². The summed E-state index contributed by atoms with van der Waals surface area (Å²) in [6, 6.07) is 13.6. The summed E-state index contributed by atoms with van der Waals surface area (Å²) in [5.74, 6) is 0.381. The summed E-state index contributed by atoms with van der Waals surface area (Å²) in [4.78, 5) is 23.6. The maximum absolute atomic E-state index is 12.0. The normalized spacial score (nSPS) is 10.2. The molecule has 0 spiro atoms. The number of carbonyl (C=O) groups excluding carboxylic acids is 2. The summed E-state index contributed by atoms with van der Waals surface area (Å²) in [6.45, 7) is -0.163. The lowest BCUT2D eigenvalue weighted by Gasteiger charge is -2.09. The second-order valence-corrected chi connectivity index (χ2v) is 5.27. The third-order valence-corrected chi connectivity index (χ3v) is 3.47. The van der Waals surface area contributed by atoms with Gasteiger partial charge in [0.15, 0.2) is 6.61 Å². The van der Waals surface area contributed by atoms with E-state index in [0.29, 0.717) is 22.9 Å². The second kappa shape index (κ2) is 7.93. The minimum atomic E-state index is -0.333. The van der Waals surface area contributed by atoms with E-state index in [-0.39, 0.29) is 18.4 Å². The van der Waals surface area contributed by atoms with Crippen molar-refractivity contribution in [3.63, 3.8) is 0 Å².